The molecular formula is C9H16Cl2. The fourth-order valence-corrected chi connectivity index (χ4v) is 1.23. The van der Waals surface area contributed by atoms with Gasteiger partial charge in [-0.1, -0.05) is 18.6 Å². The Bertz CT molecular complexity index is 128. The standard InChI is InChI=1S/C9H16Cl2/c1-4-5-7(2)6-9(11)8(3)10/h5,8-9H,4,6H2,1-3H3. The van der Waals surface area contributed by atoms with Gasteiger partial charge in [0.2, 0.25) is 0 Å². The molecule has 0 N–H and O–H groups in total. The average Bonchev–Trinajstić information content (AvgIpc) is 1.87. The summed E-state index contributed by atoms with van der Waals surface area (Å²) in [6.45, 7) is 6.15. The first kappa shape index (κ1) is 11.3. The van der Waals surface area contributed by atoms with Gasteiger partial charge in [0.25, 0.3) is 0 Å². The van der Waals surface area contributed by atoms with Crippen LogP contribution >= 0.6 is 23.2 Å². The van der Waals surface area contributed by atoms with Crippen molar-refractivity contribution in [2.45, 2.75) is 44.4 Å². The van der Waals surface area contributed by atoms with Crippen LogP contribution in [0, 0.1) is 0 Å². The van der Waals surface area contributed by atoms with Gasteiger partial charge >= 0.3 is 0 Å². The first-order valence-electron chi connectivity index (χ1n) is 4.01. The van der Waals surface area contributed by atoms with E-state index in [0.29, 0.717) is 0 Å². The highest BCUT2D eigenvalue weighted by atomic mass is 35.5. The van der Waals surface area contributed by atoms with E-state index >= 15 is 0 Å². The minimum Gasteiger partial charge on any atom is -0.122 e. The third-order valence-electron chi connectivity index (χ3n) is 1.57. The number of allylic oxidation sites excluding steroid dienone is 2. The molecule has 66 valence electrons. The molecule has 0 rings (SSSR count). The van der Waals surface area contributed by atoms with Crippen LogP contribution in [0.2, 0.25) is 0 Å². The summed E-state index contributed by atoms with van der Waals surface area (Å²) in [5.41, 5.74) is 1.33. The van der Waals surface area contributed by atoms with E-state index in [9.17, 15) is 0 Å². The fraction of sp³-hybridized carbons (Fsp3) is 0.778. The zero-order valence-corrected chi connectivity index (χ0v) is 8.91. The normalized spacial score (nSPS) is 18.1. The lowest BCUT2D eigenvalue weighted by Crippen LogP contribution is -2.10. The molecule has 0 nitrogen and oxygen atoms in total. The Morgan fingerprint density at radius 3 is 2.36 bits per heavy atom. The van der Waals surface area contributed by atoms with Crippen LogP contribution in [0.4, 0.5) is 0 Å². The van der Waals surface area contributed by atoms with Crippen molar-refractivity contribution in [2.75, 3.05) is 0 Å². The van der Waals surface area contributed by atoms with E-state index in [-0.39, 0.29) is 10.8 Å². The Morgan fingerprint density at radius 1 is 1.45 bits per heavy atom. The summed E-state index contributed by atoms with van der Waals surface area (Å²) >= 11 is 11.8. The maximum absolute atomic E-state index is 5.97. The molecule has 0 aromatic rings. The second-order valence-corrected chi connectivity index (χ2v) is 4.11. The maximum Gasteiger partial charge on any atom is 0.0533 e. The molecule has 0 bridgehead atoms. The molecule has 0 spiro atoms. The topological polar surface area (TPSA) is 0 Å². The van der Waals surface area contributed by atoms with Crippen molar-refractivity contribution in [2.24, 2.45) is 0 Å². The van der Waals surface area contributed by atoms with Crippen LogP contribution in [0.3, 0.4) is 0 Å². The Balaban J connectivity index is 3.75. The van der Waals surface area contributed by atoms with E-state index < -0.39 is 0 Å². The summed E-state index contributed by atoms with van der Waals surface area (Å²) in [6, 6.07) is 0. The molecule has 0 aliphatic rings. The molecule has 2 atom stereocenters. The Kier molecular flexibility index (Phi) is 6.08. The lowest BCUT2D eigenvalue weighted by Gasteiger charge is -2.11. The van der Waals surface area contributed by atoms with Gasteiger partial charge in [-0.3, -0.25) is 0 Å². The van der Waals surface area contributed by atoms with E-state index in [1.807, 2.05) is 6.92 Å². The van der Waals surface area contributed by atoms with Gasteiger partial charge in [-0.2, -0.15) is 0 Å². The van der Waals surface area contributed by atoms with E-state index in [1.54, 1.807) is 0 Å². The minimum atomic E-state index is 0.0527. The van der Waals surface area contributed by atoms with Gasteiger partial charge in [0.05, 0.1) is 5.38 Å². The fourth-order valence-electron chi connectivity index (χ4n) is 0.902. The van der Waals surface area contributed by atoms with Crippen molar-refractivity contribution < 1.29 is 0 Å². The maximum atomic E-state index is 5.97. The molecule has 0 amide bonds. The van der Waals surface area contributed by atoms with Gasteiger partial charge in [0.15, 0.2) is 0 Å². The van der Waals surface area contributed by atoms with Gasteiger partial charge in [0.1, 0.15) is 0 Å². The molecule has 0 saturated carbocycles. The lowest BCUT2D eigenvalue weighted by molar-refractivity contribution is 0.801. The summed E-state index contributed by atoms with van der Waals surface area (Å²) in [5, 5.41) is 0.122. The minimum absolute atomic E-state index is 0.0527. The van der Waals surface area contributed by atoms with Crippen LogP contribution in [0.25, 0.3) is 0 Å². The number of hydrogen-bond acceptors (Lipinski definition) is 0. The van der Waals surface area contributed by atoms with Crippen molar-refractivity contribution in [3.8, 4) is 0 Å². The molecule has 0 heterocycles. The summed E-state index contributed by atoms with van der Waals surface area (Å²) < 4.78 is 0. The van der Waals surface area contributed by atoms with Crippen LogP contribution in [-0.4, -0.2) is 10.8 Å². The van der Waals surface area contributed by atoms with E-state index in [0.717, 1.165) is 12.8 Å². The highest BCUT2D eigenvalue weighted by Gasteiger charge is 2.10. The molecule has 0 fully saturated rings. The summed E-state index contributed by atoms with van der Waals surface area (Å²) in [7, 11) is 0. The van der Waals surface area contributed by atoms with E-state index in [4.69, 9.17) is 23.2 Å². The highest BCUT2D eigenvalue weighted by molar-refractivity contribution is 6.29. The van der Waals surface area contributed by atoms with Crippen LogP contribution in [0.1, 0.15) is 33.6 Å². The third kappa shape index (κ3) is 5.57. The summed E-state index contributed by atoms with van der Waals surface area (Å²) in [5.74, 6) is 0. The number of hydrogen-bond donors (Lipinski definition) is 0. The molecule has 0 aliphatic carbocycles. The molecule has 11 heavy (non-hydrogen) atoms. The third-order valence-corrected chi connectivity index (χ3v) is 2.53. The quantitative estimate of drug-likeness (QED) is 0.470. The summed E-state index contributed by atoms with van der Waals surface area (Å²) in [4.78, 5) is 0. The molecule has 0 aromatic heterocycles. The second-order valence-electron chi connectivity index (χ2n) is 2.86. The van der Waals surface area contributed by atoms with E-state index in [1.165, 1.54) is 5.57 Å². The average molecular weight is 195 g/mol. The molecule has 0 aromatic carbocycles. The van der Waals surface area contributed by atoms with E-state index in [2.05, 4.69) is 19.9 Å². The molecular weight excluding hydrogens is 179 g/mol. The van der Waals surface area contributed by atoms with Crippen molar-refractivity contribution in [1.29, 1.82) is 0 Å². The largest absolute Gasteiger partial charge is 0.122 e. The highest BCUT2D eigenvalue weighted by Crippen LogP contribution is 2.17. The van der Waals surface area contributed by atoms with Crippen LogP contribution in [-0.2, 0) is 0 Å². The van der Waals surface area contributed by atoms with Crippen LogP contribution in [0.5, 0.6) is 0 Å². The van der Waals surface area contributed by atoms with Crippen molar-refractivity contribution in [1.82, 2.24) is 0 Å². The zero-order chi connectivity index (χ0) is 8.85. The SMILES string of the molecule is CCC=C(C)CC(Cl)C(C)Cl. The molecule has 0 aliphatic heterocycles. The van der Waals surface area contributed by atoms with Gasteiger partial charge in [0, 0.05) is 5.38 Å². The number of alkyl halides is 2. The molecule has 0 saturated heterocycles. The predicted octanol–water partition coefficient (Wildman–Crippen LogP) is 3.97. The lowest BCUT2D eigenvalue weighted by atomic mass is 10.1. The Hall–Kier alpha value is 0.320. The monoisotopic (exact) mass is 194 g/mol. The first-order valence-corrected chi connectivity index (χ1v) is 4.89. The van der Waals surface area contributed by atoms with Crippen LogP contribution in [0.15, 0.2) is 11.6 Å². The predicted molar refractivity (Wildman–Crippen MR) is 53.6 cm³/mol. The van der Waals surface area contributed by atoms with Gasteiger partial charge in [-0.15, -0.1) is 23.2 Å². The Morgan fingerprint density at radius 2 is 2.00 bits per heavy atom. The molecule has 2 heteroatoms. The van der Waals surface area contributed by atoms with Gasteiger partial charge in [-0.05, 0) is 26.7 Å². The molecule has 2 unspecified atom stereocenters. The van der Waals surface area contributed by atoms with Crippen LogP contribution < -0.4 is 0 Å². The number of halogens is 2. The van der Waals surface area contributed by atoms with Crippen molar-refractivity contribution >= 4 is 23.2 Å². The van der Waals surface area contributed by atoms with Crippen molar-refractivity contribution in [3.05, 3.63) is 11.6 Å². The molecule has 0 radical (unpaired) electrons. The summed E-state index contributed by atoms with van der Waals surface area (Å²) in [6.07, 6.45) is 4.17. The smallest absolute Gasteiger partial charge is 0.0533 e. The van der Waals surface area contributed by atoms with Crippen molar-refractivity contribution in [3.63, 3.8) is 0 Å². The first-order chi connectivity index (χ1) is 5.07. The zero-order valence-electron chi connectivity index (χ0n) is 7.40. The van der Waals surface area contributed by atoms with Gasteiger partial charge in [-0.25, -0.2) is 0 Å². The van der Waals surface area contributed by atoms with Gasteiger partial charge < -0.3 is 0 Å². The number of rotatable bonds is 4. The second kappa shape index (κ2) is 5.91. The Labute approximate surface area is 79.6 Å².